The molecule has 5 heteroatoms. The predicted octanol–water partition coefficient (Wildman–Crippen LogP) is -0.157. The highest BCUT2D eigenvalue weighted by molar-refractivity contribution is 6.46. The average Bonchev–Trinajstić information content (AvgIpc) is 1.95. The van der Waals surface area contributed by atoms with Crippen LogP contribution in [0.5, 0.6) is 0 Å². The summed E-state index contributed by atoms with van der Waals surface area (Å²) in [4.78, 5) is 3.47. The van der Waals surface area contributed by atoms with Crippen molar-refractivity contribution in [3.05, 3.63) is 23.2 Å². The van der Waals surface area contributed by atoms with Gasteiger partial charge in [0.15, 0.2) is 11.0 Å². The molecular weight excluding hydrogens is 155 g/mol. The van der Waals surface area contributed by atoms with Crippen molar-refractivity contribution in [2.75, 3.05) is 0 Å². The Morgan fingerprint density at radius 2 is 2.40 bits per heavy atom. The third kappa shape index (κ3) is 1.28. The molecule has 0 fully saturated rings. The van der Waals surface area contributed by atoms with Gasteiger partial charge < -0.3 is 5.02 Å². The van der Waals surface area contributed by atoms with Crippen LogP contribution in [0, 0.1) is 5.82 Å². The third-order valence-corrected chi connectivity index (χ3v) is 1.36. The van der Waals surface area contributed by atoms with Crippen molar-refractivity contribution in [1.29, 1.82) is 0 Å². The Morgan fingerprint density at radius 3 is 2.90 bits per heavy atom. The minimum Gasteiger partial charge on any atom is -0.449 e. The van der Waals surface area contributed by atoms with Gasteiger partial charge in [0, 0.05) is 6.20 Å². The van der Waals surface area contributed by atoms with Gasteiger partial charge >= 0.3 is 7.48 Å². The number of aromatic nitrogens is 1. The second kappa shape index (κ2) is 2.99. The van der Waals surface area contributed by atoms with Crippen LogP contribution in [0.15, 0.2) is 12.3 Å². The third-order valence-electron chi connectivity index (χ3n) is 1.10. The van der Waals surface area contributed by atoms with E-state index in [-0.39, 0.29) is 18.1 Å². The fourth-order valence-corrected chi connectivity index (χ4v) is 0.755. The molecular formula is C5H4BClFNO. The topological polar surface area (TPSA) is 33.1 Å². The Bertz CT molecular complexity index is 245. The van der Waals surface area contributed by atoms with Crippen molar-refractivity contribution >= 4 is 24.5 Å². The van der Waals surface area contributed by atoms with E-state index >= 15 is 0 Å². The molecule has 0 amide bonds. The lowest BCUT2D eigenvalue weighted by atomic mass is 9.89. The highest BCUT2D eigenvalue weighted by atomic mass is 35.5. The molecule has 0 radical (unpaired) electrons. The van der Waals surface area contributed by atoms with Crippen molar-refractivity contribution in [3.63, 3.8) is 0 Å². The van der Waals surface area contributed by atoms with Crippen LogP contribution in [0.25, 0.3) is 0 Å². The lowest BCUT2D eigenvalue weighted by Gasteiger charge is -1.96. The summed E-state index contributed by atoms with van der Waals surface area (Å²) in [5, 5.41) is 8.31. The number of hydrogen-bond acceptors (Lipinski definition) is 2. The highest BCUT2D eigenvalue weighted by Crippen LogP contribution is 2.05. The molecule has 1 heterocycles. The van der Waals surface area contributed by atoms with E-state index in [0.717, 1.165) is 0 Å². The van der Waals surface area contributed by atoms with Crippen LogP contribution in [0.3, 0.4) is 0 Å². The number of rotatable bonds is 1. The van der Waals surface area contributed by atoms with E-state index in [1.54, 1.807) is 0 Å². The van der Waals surface area contributed by atoms with Gasteiger partial charge in [-0.25, -0.2) is 9.37 Å². The molecule has 0 bridgehead atoms. The first-order valence-electron chi connectivity index (χ1n) is 2.65. The SMILES string of the molecule is OBc1ccnc(Cl)c1F. The molecule has 0 aliphatic carbocycles. The van der Waals surface area contributed by atoms with Gasteiger partial charge in [-0.1, -0.05) is 11.6 Å². The Labute approximate surface area is 62.9 Å². The second-order valence-corrected chi connectivity index (χ2v) is 2.09. The molecule has 1 rings (SSSR count). The molecule has 0 spiro atoms. The van der Waals surface area contributed by atoms with Gasteiger partial charge in [-0.3, -0.25) is 0 Å². The summed E-state index contributed by atoms with van der Waals surface area (Å²) >= 11 is 5.30. The molecule has 1 aromatic heterocycles. The van der Waals surface area contributed by atoms with Crippen molar-refractivity contribution in [3.8, 4) is 0 Å². The van der Waals surface area contributed by atoms with Crippen molar-refractivity contribution in [2.45, 2.75) is 0 Å². The maximum atomic E-state index is 12.6. The highest BCUT2D eigenvalue weighted by Gasteiger charge is 2.05. The molecule has 0 aromatic carbocycles. The largest absolute Gasteiger partial charge is 0.449 e. The van der Waals surface area contributed by atoms with E-state index in [4.69, 9.17) is 16.6 Å². The normalized spacial score (nSPS) is 9.50. The van der Waals surface area contributed by atoms with Gasteiger partial charge in [0.1, 0.15) is 0 Å². The number of hydrogen-bond donors (Lipinski definition) is 1. The first-order valence-corrected chi connectivity index (χ1v) is 3.03. The van der Waals surface area contributed by atoms with Crippen molar-refractivity contribution < 1.29 is 9.41 Å². The van der Waals surface area contributed by atoms with Crippen LogP contribution in [0.2, 0.25) is 5.15 Å². The Kier molecular flexibility index (Phi) is 2.24. The maximum absolute atomic E-state index is 12.6. The van der Waals surface area contributed by atoms with E-state index in [1.807, 2.05) is 0 Å². The molecule has 52 valence electrons. The number of pyridine rings is 1. The summed E-state index contributed by atoms with van der Waals surface area (Å²) in [5.74, 6) is -0.647. The molecule has 10 heavy (non-hydrogen) atoms. The van der Waals surface area contributed by atoms with Gasteiger partial charge in [-0.15, -0.1) is 0 Å². The first kappa shape index (κ1) is 7.50. The van der Waals surface area contributed by atoms with Crippen molar-refractivity contribution in [2.24, 2.45) is 0 Å². The first-order chi connectivity index (χ1) is 4.75. The molecule has 0 atom stereocenters. The van der Waals surface area contributed by atoms with E-state index in [2.05, 4.69) is 4.98 Å². The van der Waals surface area contributed by atoms with Gasteiger partial charge in [0.2, 0.25) is 0 Å². The summed E-state index contributed by atoms with van der Waals surface area (Å²) in [5.41, 5.74) is 0.167. The molecule has 0 saturated heterocycles. The lowest BCUT2D eigenvalue weighted by molar-refractivity contribution is 0.600. The summed E-state index contributed by atoms with van der Waals surface area (Å²) in [7, 11) is -0.353. The Balaban J connectivity index is 3.14. The van der Waals surface area contributed by atoms with Crippen molar-refractivity contribution in [1.82, 2.24) is 4.98 Å². The van der Waals surface area contributed by atoms with Gasteiger partial charge in [-0.05, 0) is 11.5 Å². The lowest BCUT2D eigenvalue weighted by Crippen LogP contribution is -2.18. The van der Waals surface area contributed by atoms with E-state index in [1.165, 1.54) is 12.3 Å². The van der Waals surface area contributed by atoms with Crippen LogP contribution in [0.4, 0.5) is 4.39 Å². The molecule has 0 aliphatic heterocycles. The van der Waals surface area contributed by atoms with Gasteiger partial charge in [0.25, 0.3) is 0 Å². The number of nitrogens with zero attached hydrogens (tertiary/aromatic N) is 1. The van der Waals surface area contributed by atoms with Crippen LogP contribution in [0.1, 0.15) is 0 Å². The fourth-order valence-electron chi connectivity index (χ4n) is 0.577. The zero-order valence-corrected chi connectivity index (χ0v) is 5.77. The molecule has 0 unspecified atom stereocenters. The molecule has 2 nitrogen and oxygen atoms in total. The standard InChI is InChI=1S/C5H4BClFNO/c7-5-4(8)3(6-10)1-2-9-5/h1-2,6,10H. The van der Waals surface area contributed by atoms with E-state index in [0.29, 0.717) is 0 Å². The summed E-state index contributed by atoms with van der Waals surface area (Å²) in [6.45, 7) is 0. The van der Waals surface area contributed by atoms with Gasteiger partial charge in [-0.2, -0.15) is 0 Å². The molecule has 1 N–H and O–H groups in total. The average molecular weight is 159 g/mol. The molecule has 0 saturated carbocycles. The Morgan fingerprint density at radius 1 is 1.70 bits per heavy atom. The van der Waals surface area contributed by atoms with Crippen LogP contribution >= 0.6 is 11.6 Å². The summed E-state index contributed by atoms with van der Waals surface area (Å²) in [6, 6.07) is 1.38. The van der Waals surface area contributed by atoms with Gasteiger partial charge in [0.05, 0.1) is 0 Å². The minimum atomic E-state index is -0.647. The minimum absolute atomic E-state index is 0.167. The van der Waals surface area contributed by atoms with Crippen LogP contribution in [-0.2, 0) is 0 Å². The Hall–Kier alpha value is -0.605. The molecule has 1 aromatic rings. The van der Waals surface area contributed by atoms with Crippen LogP contribution in [-0.4, -0.2) is 17.5 Å². The maximum Gasteiger partial charge on any atom is 0.307 e. The zero-order chi connectivity index (χ0) is 7.56. The monoisotopic (exact) mass is 159 g/mol. The summed E-state index contributed by atoms with van der Waals surface area (Å²) in [6.07, 6.45) is 1.34. The molecule has 0 aliphatic rings. The zero-order valence-electron chi connectivity index (χ0n) is 5.01. The fraction of sp³-hybridized carbons (Fsp3) is 0. The summed E-state index contributed by atoms with van der Waals surface area (Å²) < 4.78 is 12.6. The predicted molar refractivity (Wildman–Crippen MR) is 38.2 cm³/mol. The number of halogens is 2. The van der Waals surface area contributed by atoms with Crippen LogP contribution < -0.4 is 5.46 Å². The van der Waals surface area contributed by atoms with E-state index < -0.39 is 5.82 Å². The quantitative estimate of drug-likeness (QED) is 0.456. The smallest absolute Gasteiger partial charge is 0.307 e. The second-order valence-electron chi connectivity index (χ2n) is 1.73. The van der Waals surface area contributed by atoms with E-state index in [9.17, 15) is 4.39 Å².